The highest BCUT2D eigenvalue weighted by Gasteiger charge is 1.65. The fourth-order valence-corrected chi connectivity index (χ4v) is 0.0680. The first-order valence-corrected chi connectivity index (χ1v) is 1.36. The smallest absolute Gasteiger partial charge is 0.180 e. The number of carbonyl (C=O) groups excluding carboxylic acids is 1. The molecule has 0 heterocycles. The molecule has 0 rings (SSSR count). The van der Waals surface area contributed by atoms with Gasteiger partial charge in [-0.1, -0.05) is 0 Å². The lowest BCUT2D eigenvalue weighted by Crippen LogP contribution is -1.51. The number of allylic oxidation sites excluding steroid dienone is 2. The average Bonchev–Trinajstić information content (AvgIpc) is 1.41. The van der Waals surface area contributed by atoms with Gasteiger partial charge >= 0.3 is 0 Å². The zero-order valence-electron chi connectivity index (χ0n) is 3.06. The van der Waals surface area contributed by atoms with Crippen LogP contribution < -0.4 is 0 Å². The molecule has 0 amide bonds. The Morgan fingerprint density at radius 1 is 1.80 bits per heavy atom. The third-order valence-electron chi connectivity index (χ3n) is 0.235. The highest BCUT2D eigenvalue weighted by molar-refractivity contribution is 5.63. The molecule has 0 saturated heterocycles. The van der Waals surface area contributed by atoms with Crippen molar-refractivity contribution >= 4 is 6.29 Å². The molecular formula is C4H5O+. The topological polar surface area (TPSA) is 17.1 Å². The van der Waals surface area contributed by atoms with Crippen LogP contribution in [0.5, 0.6) is 0 Å². The van der Waals surface area contributed by atoms with Gasteiger partial charge in [0, 0.05) is 0 Å². The summed E-state index contributed by atoms with van der Waals surface area (Å²) in [4.78, 5) is 9.29. The molecule has 0 N–H and O–H groups in total. The van der Waals surface area contributed by atoms with Crippen molar-refractivity contribution < 1.29 is 4.79 Å². The van der Waals surface area contributed by atoms with Gasteiger partial charge < -0.3 is 0 Å². The van der Waals surface area contributed by atoms with Crippen LogP contribution in [0, 0.1) is 6.08 Å². The van der Waals surface area contributed by atoms with E-state index in [-0.39, 0.29) is 0 Å². The summed E-state index contributed by atoms with van der Waals surface area (Å²) in [7, 11) is 0. The Kier molecular flexibility index (Phi) is 2.87. The molecule has 0 atom stereocenters. The van der Waals surface area contributed by atoms with Crippen LogP contribution in [0.1, 0.15) is 6.92 Å². The van der Waals surface area contributed by atoms with Crippen LogP contribution in [-0.4, -0.2) is 6.29 Å². The van der Waals surface area contributed by atoms with E-state index >= 15 is 0 Å². The molecule has 0 aromatic rings. The number of hydrogen-bond acceptors (Lipinski definition) is 1. The zero-order valence-corrected chi connectivity index (χ0v) is 3.06. The molecule has 0 aromatic carbocycles. The molecule has 1 heteroatoms. The van der Waals surface area contributed by atoms with E-state index in [1.54, 1.807) is 6.92 Å². The Morgan fingerprint density at radius 3 is 2.40 bits per heavy atom. The number of carbonyl (C=O) groups is 1. The third-order valence-corrected chi connectivity index (χ3v) is 0.235. The summed E-state index contributed by atoms with van der Waals surface area (Å²) in [5.74, 6) is 0. The van der Waals surface area contributed by atoms with E-state index < -0.39 is 0 Å². The summed E-state index contributed by atoms with van der Waals surface area (Å²) < 4.78 is 0. The van der Waals surface area contributed by atoms with Gasteiger partial charge in [-0.25, -0.2) is 0 Å². The Bertz CT molecular complexity index is 45.6. The molecule has 0 bridgehead atoms. The predicted molar refractivity (Wildman–Crippen MR) is 19.6 cm³/mol. The quantitative estimate of drug-likeness (QED) is 0.250. The molecule has 0 spiro atoms. The molecule has 0 fully saturated rings. The van der Waals surface area contributed by atoms with E-state index in [4.69, 9.17) is 0 Å². The third kappa shape index (κ3) is 3.32. The van der Waals surface area contributed by atoms with E-state index in [1.165, 1.54) is 6.08 Å². The summed E-state index contributed by atoms with van der Waals surface area (Å²) in [5.41, 5.74) is 0. The highest BCUT2D eigenvalue weighted by Crippen LogP contribution is 1.52. The molecule has 1 nitrogen and oxygen atoms in total. The first kappa shape index (κ1) is 4.32. The van der Waals surface area contributed by atoms with Crippen molar-refractivity contribution in [2.45, 2.75) is 6.92 Å². The fourth-order valence-electron chi connectivity index (χ4n) is 0.0680. The Labute approximate surface area is 31.3 Å². The minimum Gasteiger partial charge on any atom is -0.180 e. The van der Waals surface area contributed by atoms with Gasteiger partial charge in [0.05, 0.1) is 13.0 Å². The predicted octanol–water partition coefficient (Wildman–Crippen LogP) is 0.565. The molecule has 0 saturated carbocycles. The largest absolute Gasteiger partial charge is 0.289 e. The van der Waals surface area contributed by atoms with Gasteiger partial charge in [-0.15, -0.1) is 0 Å². The van der Waals surface area contributed by atoms with E-state index in [2.05, 4.69) is 6.08 Å². The van der Waals surface area contributed by atoms with Crippen LogP contribution >= 0.6 is 0 Å². The van der Waals surface area contributed by atoms with E-state index in [0.717, 1.165) is 0 Å². The van der Waals surface area contributed by atoms with Crippen molar-refractivity contribution in [3.63, 3.8) is 0 Å². The maximum absolute atomic E-state index is 9.29. The second-order valence-corrected chi connectivity index (χ2v) is 0.591. The van der Waals surface area contributed by atoms with Crippen molar-refractivity contribution in [3.8, 4) is 0 Å². The van der Waals surface area contributed by atoms with Crippen LogP contribution in [0.3, 0.4) is 0 Å². The van der Waals surface area contributed by atoms with Gasteiger partial charge in [-0.3, -0.25) is 0 Å². The van der Waals surface area contributed by atoms with Crippen LogP contribution in [0.4, 0.5) is 0 Å². The summed E-state index contributed by atoms with van der Waals surface area (Å²) in [6, 6.07) is 0. The minimum absolute atomic E-state index is 0.694. The van der Waals surface area contributed by atoms with Crippen molar-refractivity contribution in [1.82, 2.24) is 0 Å². The average molecular weight is 69.1 g/mol. The molecule has 0 aromatic heterocycles. The zero-order chi connectivity index (χ0) is 4.12. The van der Waals surface area contributed by atoms with Crippen molar-refractivity contribution in [1.29, 1.82) is 0 Å². The van der Waals surface area contributed by atoms with Crippen LogP contribution in [0.15, 0.2) is 6.08 Å². The van der Waals surface area contributed by atoms with Gasteiger partial charge in [0.2, 0.25) is 0 Å². The van der Waals surface area contributed by atoms with Crippen LogP contribution in [0.2, 0.25) is 0 Å². The lowest BCUT2D eigenvalue weighted by Gasteiger charge is -1.34. The number of rotatable bonds is 1. The van der Waals surface area contributed by atoms with Gasteiger partial charge in [-0.05, 0) is 0 Å². The molecule has 0 aliphatic rings. The van der Waals surface area contributed by atoms with Gasteiger partial charge in [0.15, 0.2) is 6.08 Å². The van der Waals surface area contributed by atoms with Crippen molar-refractivity contribution in [2.75, 3.05) is 0 Å². The van der Waals surface area contributed by atoms with Crippen LogP contribution in [-0.2, 0) is 4.79 Å². The monoisotopic (exact) mass is 69.0 g/mol. The molecule has 26 valence electrons. The summed E-state index contributed by atoms with van der Waals surface area (Å²) >= 11 is 0. The van der Waals surface area contributed by atoms with Crippen molar-refractivity contribution in [2.24, 2.45) is 0 Å². The van der Waals surface area contributed by atoms with E-state index in [0.29, 0.717) is 6.29 Å². The van der Waals surface area contributed by atoms with Crippen LogP contribution in [0.25, 0.3) is 0 Å². The number of hydrogen-bond donors (Lipinski definition) is 0. The Balaban J connectivity index is 2.92. The number of aldehydes is 1. The summed E-state index contributed by atoms with van der Waals surface area (Å²) in [6.45, 7) is 1.68. The highest BCUT2D eigenvalue weighted by atomic mass is 16.1. The molecule has 0 unspecified atom stereocenters. The minimum atomic E-state index is 0.694. The normalized spacial score (nSPS) is 7.40. The van der Waals surface area contributed by atoms with Gasteiger partial charge in [0.1, 0.15) is 0 Å². The fraction of sp³-hybridized carbons (Fsp3) is 0.250. The maximum Gasteiger partial charge on any atom is 0.289 e. The lowest BCUT2D eigenvalue weighted by molar-refractivity contribution is -0.104. The first-order chi connectivity index (χ1) is 2.41. The maximum atomic E-state index is 9.29. The van der Waals surface area contributed by atoms with Gasteiger partial charge in [0.25, 0.3) is 6.29 Å². The SMILES string of the molecule is C[C+]=CC=O. The van der Waals surface area contributed by atoms with Gasteiger partial charge in [-0.2, -0.15) is 4.79 Å². The first-order valence-electron chi connectivity index (χ1n) is 1.36. The molecular weight excluding hydrogens is 64.0 g/mol. The molecule has 0 radical (unpaired) electrons. The van der Waals surface area contributed by atoms with Crippen molar-refractivity contribution in [3.05, 3.63) is 12.2 Å². The summed E-state index contributed by atoms with van der Waals surface area (Å²) in [6.07, 6.45) is 4.54. The summed E-state index contributed by atoms with van der Waals surface area (Å²) in [5, 5.41) is 0. The Hall–Kier alpha value is -0.680. The lowest BCUT2D eigenvalue weighted by atomic mass is 10.6. The second kappa shape index (κ2) is 3.32. The van der Waals surface area contributed by atoms with E-state index in [9.17, 15) is 4.79 Å². The molecule has 5 heavy (non-hydrogen) atoms. The second-order valence-electron chi connectivity index (χ2n) is 0.591. The molecule has 0 aliphatic heterocycles. The molecule has 0 aliphatic carbocycles. The Morgan fingerprint density at radius 2 is 2.40 bits per heavy atom. The van der Waals surface area contributed by atoms with E-state index in [1.807, 2.05) is 0 Å². The standard InChI is InChI=1S/C4H5O/c1-2-3-4-5/h3-4H,1H3/q+1.